The standard InChI is InChI=1S/C25H32N4O2/c1-3-12-24(30)26-18-11-5-8-17-23-27-21-15-9-10-16-22(21)29(23)19-25(31)28(2)20-13-6-4-7-14-20/h4,6-7,9-10,13-16H,3,5,8,11-12,17-19H2,1-2H3,(H,26,30). The first-order valence-electron chi connectivity index (χ1n) is 11.1. The van der Waals surface area contributed by atoms with E-state index in [4.69, 9.17) is 4.98 Å². The summed E-state index contributed by atoms with van der Waals surface area (Å²) in [5, 5.41) is 2.96. The summed E-state index contributed by atoms with van der Waals surface area (Å²) in [7, 11) is 1.81. The first-order chi connectivity index (χ1) is 15.1. The number of aryl methyl sites for hydroxylation is 1. The highest BCUT2D eigenvalue weighted by Gasteiger charge is 2.16. The van der Waals surface area contributed by atoms with E-state index in [0.717, 1.165) is 61.2 Å². The summed E-state index contributed by atoms with van der Waals surface area (Å²) in [5.41, 5.74) is 2.78. The van der Waals surface area contributed by atoms with Crippen LogP contribution >= 0.6 is 0 Å². The van der Waals surface area contributed by atoms with E-state index >= 15 is 0 Å². The molecule has 31 heavy (non-hydrogen) atoms. The van der Waals surface area contributed by atoms with E-state index in [1.807, 2.05) is 73.1 Å². The van der Waals surface area contributed by atoms with E-state index in [9.17, 15) is 9.59 Å². The quantitative estimate of drug-likeness (QED) is 0.470. The van der Waals surface area contributed by atoms with Gasteiger partial charge >= 0.3 is 0 Å². The summed E-state index contributed by atoms with van der Waals surface area (Å²) in [5.74, 6) is 1.09. The van der Waals surface area contributed by atoms with Crippen molar-refractivity contribution in [3.05, 3.63) is 60.4 Å². The van der Waals surface area contributed by atoms with Crippen LogP contribution in [0.1, 0.15) is 44.9 Å². The summed E-state index contributed by atoms with van der Waals surface area (Å²) in [4.78, 5) is 31.0. The number of likely N-dealkylation sites (N-methyl/N-ethyl adjacent to an activating group) is 1. The lowest BCUT2D eigenvalue weighted by molar-refractivity contribution is -0.121. The monoisotopic (exact) mass is 420 g/mol. The van der Waals surface area contributed by atoms with Crippen LogP contribution in [-0.4, -0.2) is 35.0 Å². The molecule has 0 spiro atoms. The molecular weight excluding hydrogens is 388 g/mol. The summed E-state index contributed by atoms with van der Waals surface area (Å²) in [6.45, 7) is 2.98. The number of benzene rings is 2. The Morgan fingerprint density at radius 1 is 1.00 bits per heavy atom. The Labute approximate surface area is 184 Å². The average Bonchev–Trinajstić information content (AvgIpc) is 3.13. The minimum absolute atomic E-state index is 0.0224. The molecule has 1 N–H and O–H groups in total. The van der Waals surface area contributed by atoms with Crippen molar-refractivity contribution >= 4 is 28.5 Å². The van der Waals surface area contributed by atoms with Crippen molar-refractivity contribution in [2.45, 2.75) is 52.0 Å². The highest BCUT2D eigenvalue weighted by molar-refractivity contribution is 5.93. The van der Waals surface area contributed by atoms with Crippen molar-refractivity contribution in [3.8, 4) is 0 Å². The smallest absolute Gasteiger partial charge is 0.246 e. The Morgan fingerprint density at radius 3 is 2.52 bits per heavy atom. The molecule has 1 aromatic heterocycles. The lowest BCUT2D eigenvalue weighted by Gasteiger charge is -2.18. The van der Waals surface area contributed by atoms with Crippen molar-refractivity contribution in [1.29, 1.82) is 0 Å². The van der Waals surface area contributed by atoms with Gasteiger partial charge in [-0.25, -0.2) is 4.98 Å². The third kappa shape index (κ3) is 6.17. The maximum Gasteiger partial charge on any atom is 0.246 e. The largest absolute Gasteiger partial charge is 0.356 e. The Balaban J connectivity index is 1.62. The van der Waals surface area contributed by atoms with Crippen molar-refractivity contribution in [2.75, 3.05) is 18.5 Å². The van der Waals surface area contributed by atoms with Gasteiger partial charge in [-0.1, -0.05) is 43.7 Å². The molecule has 0 bridgehead atoms. The molecule has 0 atom stereocenters. The molecule has 0 aliphatic heterocycles. The van der Waals surface area contributed by atoms with Gasteiger partial charge in [0.25, 0.3) is 0 Å². The fraction of sp³-hybridized carbons (Fsp3) is 0.400. The molecule has 0 saturated heterocycles. The van der Waals surface area contributed by atoms with Crippen LogP contribution in [0.25, 0.3) is 11.0 Å². The molecule has 0 aliphatic rings. The Bertz CT molecular complexity index is 997. The number of aromatic nitrogens is 2. The summed E-state index contributed by atoms with van der Waals surface area (Å²) in [6, 6.07) is 17.6. The number of rotatable bonds is 11. The fourth-order valence-corrected chi connectivity index (χ4v) is 3.66. The van der Waals surface area contributed by atoms with Crippen LogP contribution in [0.4, 0.5) is 5.69 Å². The molecule has 1 heterocycles. The first kappa shape index (κ1) is 22.5. The number of imidazole rings is 1. The van der Waals surface area contributed by atoms with Crippen molar-refractivity contribution in [1.82, 2.24) is 14.9 Å². The van der Waals surface area contributed by atoms with Gasteiger partial charge in [-0.3, -0.25) is 9.59 Å². The summed E-state index contributed by atoms with van der Waals surface area (Å²) < 4.78 is 2.04. The van der Waals surface area contributed by atoms with E-state index < -0.39 is 0 Å². The number of fused-ring (bicyclic) bond motifs is 1. The molecule has 2 amide bonds. The van der Waals surface area contributed by atoms with Crippen molar-refractivity contribution in [3.63, 3.8) is 0 Å². The zero-order valence-corrected chi connectivity index (χ0v) is 18.5. The zero-order valence-electron chi connectivity index (χ0n) is 18.5. The number of unbranched alkanes of at least 4 members (excludes halogenated alkanes) is 2. The second-order valence-electron chi connectivity index (χ2n) is 7.80. The predicted molar refractivity (Wildman–Crippen MR) is 125 cm³/mol. The molecule has 0 fully saturated rings. The van der Waals surface area contributed by atoms with E-state index in [1.165, 1.54) is 0 Å². The number of anilines is 1. The minimum atomic E-state index is 0.0224. The van der Waals surface area contributed by atoms with Gasteiger partial charge in [0.2, 0.25) is 11.8 Å². The Morgan fingerprint density at radius 2 is 1.74 bits per heavy atom. The third-order valence-electron chi connectivity index (χ3n) is 5.42. The predicted octanol–water partition coefficient (Wildman–Crippen LogP) is 4.33. The van der Waals surface area contributed by atoms with E-state index in [-0.39, 0.29) is 18.4 Å². The minimum Gasteiger partial charge on any atom is -0.356 e. The molecule has 6 heteroatoms. The van der Waals surface area contributed by atoms with Gasteiger partial charge in [0.1, 0.15) is 12.4 Å². The number of hydrogen-bond acceptors (Lipinski definition) is 3. The normalized spacial score (nSPS) is 10.9. The van der Waals surface area contributed by atoms with Gasteiger partial charge in [0, 0.05) is 32.1 Å². The number of para-hydroxylation sites is 3. The average molecular weight is 421 g/mol. The number of carbonyl (C=O) groups excluding carboxylic acids is 2. The van der Waals surface area contributed by atoms with Crippen molar-refractivity contribution in [2.24, 2.45) is 0 Å². The van der Waals surface area contributed by atoms with Crippen LogP contribution < -0.4 is 10.2 Å². The number of amides is 2. The van der Waals surface area contributed by atoms with E-state index in [1.54, 1.807) is 4.90 Å². The number of hydrogen-bond donors (Lipinski definition) is 1. The highest BCUT2D eigenvalue weighted by Crippen LogP contribution is 2.19. The Hall–Kier alpha value is -3.15. The molecule has 0 unspecified atom stereocenters. The number of nitrogens with zero attached hydrogens (tertiary/aromatic N) is 3. The molecule has 0 radical (unpaired) electrons. The SMILES string of the molecule is CCCC(=O)NCCCCCc1nc2ccccc2n1CC(=O)N(C)c1ccccc1. The van der Waals surface area contributed by atoms with Crippen LogP contribution in [0.3, 0.4) is 0 Å². The summed E-state index contributed by atoms with van der Waals surface area (Å²) in [6.07, 6.45) is 5.20. The maximum atomic E-state index is 13.0. The Kier molecular flexibility index (Phi) is 8.21. The molecule has 3 rings (SSSR count). The van der Waals surface area contributed by atoms with Crippen LogP contribution in [0, 0.1) is 0 Å². The van der Waals surface area contributed by atoms with Crippen molar-refractivity contribution < 1.29 is 9.59 Å². The number of nitrogens with one attached hydrogen (secondary N) is 1. The topological polar surface area (TPSA) is 67.2 Å². The van der Waals surface area contributed by atoms with E-state index in [0.29, 0.717) is 6.42 Å². The highest BCUT2D eigenvalue weighted by atomic mass is 16.2. The second kappa shape index (κ2) is 11.3. The molecule has 2 aromatic carbocycles. The van der Waals surface area contributed by atoms with Gasteiger partial charge in [0.15, 0.2) is 0 Å². The second-order valence-corrected chi connectivity index (χ2v) is 7.80. The number of carbonyl (C=O) groups is 2. The lowest BCUT2D eigenvalue weighted by atomic mass is 10.2. The fourth-order valence-electron chi connectivity index (χ4n) is 3.66. The van der Waals surface area contributed by atoms with Gasteiger partial charge < -0.3 is 14.8 Å². The van der Waals surface area contributed by atoms with Crippen LogP contribution in [0.5, 0.6) is 0 Å². The molecular formula is C25H32N4O2. The zero-order chi connectivity index (χ0) is 22.1. The molecule has 0 aliphatic carbocycles. The van der Waals surface area contributed by atoms with E-state index in [2.05, 4.69) is 5.32 Å². The van der Waals surface area contributed by atoms with Gasteiger partial charge in [-0.2, -0.15) is 0 Å². The summed E-state index contributed by atoms with van der Waals surface area (Å²) >= 11 is 0. The first-order valence-corrected chi connectivity index (χ1v) is 11.1. The maximum absolute atomic E-state index is 13.0. The molecule has 6 nitrogen and oxygen atoms in total. The lowest BCUT2D eigenvalue weighted by Crippen LogP contribution is -2.30. The van der Waals surface area contributed by atoms with Crippen LogP contribution in [0.15, 0.2) is 54.6 Å². The molecule has 3 aromatic rings. The molecule has 0 saturated carbocycles. The van der Waals surface area contributed by atoms with Crippen LogP contribution in [0.2, 0.25) is 0 Å². The van der Waals surface area contributed by atoms with Gasteiger partial charge in [-0.05, 0) is 43.5 Å². The third-order valence-corrected chi connectivity index (χ3v) is 5.42. The van der Waals surface area contributed by atoms with Gasteiger partial charge in [0.05, 0.1) is 11.0 Å². The van der Waals surface area contributed by atoms with Gasteiger partial charge in [-0.15, -0.1) is 0 Å². The molecule has 164 valence electrons. The van der Waals surface area contributed by atoms with Crippen LogP contribution in [-0.2, 0) is 22.6 Å².